The number of morpholine rings is 1. The van der Waals surface area contributed by atoms with Crippen molar-refractivity contribution in [1.82, 2.24) is 9.88 Å². The lowest BCUT2D eigenvalue weighted by Gasteiger charge is -2.32. The summed E-state index contributed by atoms with van der Waals surface area (Å²) in [7, 11) is 0. The second kappa shape index (κ2) is 6.03. The molecule has 0 amide bonds. The summed E-state index contributed by atoms with van der Waals surface area (Å²) in [6.45, 7) is 5.28. The van der Waals surface area contributed by atoms with Gasteiger partial charge in [-0.25, -0.2) is 4.98 Å². The number of aromatic nitrogens is 1. The smallest absolute Gasteiger partial charge is 0.315 e. The van der Waals surface area contributed by atoms with Crippen LogP contribution in [0.15, 0.2) is 23.6 Å². The van der Waals surface area contributed by atoms with Crippen LogP contribution in [0, 0.1) is 6.92 Å². The molecule has 0 spiro atoms. The number of rotatable bonds is 3. The molecule has 0 bridgehead atoms. The number of aryl methyl sites for hydroxylation is 1. The van der Waals surface area contributed by atoms with Crippen LogP contribution in [-0.2, 0) is 22.5 Å². The third kappa shape index (κ3) is 3.15. The summed E-state index contributed by atoms with van der Waals surface area (Å²) in [4.78, 5) is 18.3. The maximum atomic E-state index is 11.3. The molecule has 0 saturated carbocycles. The largest absolute Gasteiger partial charge is 0.426 e. The Balaban J connectivity index is 1.44. The van der Waals surface area contributed by atoms with Gasteiger partial charge in [0.1, 0.15) is 16.9 Å². The molecule has 4 rings (SSSR count). The van der Waals surface area contributed by atoms with Crippen molar-refractivity contribution in [3.8, 4) is 5.75 Å². The minimum absolute atomic E-state index is 0.0507. The third-order valence-corrected chi connectivity index (χ3v) is 5.21. The van der Waals surface area contributed by atoms with Gasteiger partial charge < -0.3 is 9.47 Å². The highest BCUT2D eigenvalue weighted by molar-refractivity contribution is 7.09. The van der Waals surface area contributed by atoms with Gasteiger partial charge in [-0.3, -0.25) is 9.69 Å². The normalized spacial score (nSPS) is 21.3. The molecule has 2 aliphatic heterocycles. The molecule has 0 aliphatic carbocycles. The van der Waals surface area contributed by atoms with Crippen LogP contribution < -0.4 is 4.74 Å². The lowest BCUT2D eigenvalue weighted by molar-refractivity contribution is -0.131. The quantitative estimate of drug-likeness (QED) is 0.639. The van der Waals surface area contributed by atoms with Crippen molar-refractivity contribution >= 4 is 17.3 Å². The van der Waals surface area contributed by atoms with Crippen molar-refractivity contribution in [1.29, 1.82) is 0 Å². The van der Waals surface area contributed by atoms with Gasteiger partial charge in [-0.15, -0.1) is 11.3 Å². The number of hydrogen-bond acceptors (Lipinski definition) is 6. The van der Waals surface area contributed by atoms with E-state index in [1.54, 1.807) is 11.3 Å². The number of esters is 1. The standard InChI is InChI=1S/C17H18N2O3S/c1-11-10-23-17(18-11)15-9-19(4-5-21-15)8-12-2-3-13-7-16(20)22-14(13)6-12/h2-3,6,10,15H,4-5,7-9H2,1H3/t15-/m0/s1. The summed E-state index contributed by atoms with van der Waals surface area (Å²) in [6, 6.07) is 6.06. The van der Waals surface area contributed by atoms with Crippen molar-refractivity contribution in [3.05, 3.63) is 45.4 Å². The highest BCUT2D eigenvalue weighted by Crippen LogP contribution is 2.29. The Kier molecular flexibility index (Phi) is 3.88. The average Bonchev–Trinajstić information content (AvgIpc) is 3.12. The fraction of sp³-hybridized carbons (Fsp3) is 0.412. The molecule has 6 heteroatoms. The Morgan fingerprint density at radius 2 is 2.35 bits per heavy atom. The number of benzene rings is 1. The summed E-state index contributed by atoms with van der Waals surface area (Å²) in [6.07, 6.45) is 0.438. The van der Waals surface area contributed by atoms with Crippen LogP contribution in [0.5, 0.6) is 5.75 Å². The van der Waals surface area contributed by atoms with E-state index in [2.05, 4.69) is 21.3 Å². The minimum Gasteiger partial charge on any atom is -0.426 e. The lowest BCUT2D eigenvalue weighted by Crippen LogP contribution is -2.37. The summed E-state index contributed by atoms with van der Waals surface area (Å²) < 4.78 is 11.1. The first-order valence-electron chi connectivity index (χ1n) is 7.76. The number of carbonyl (C=O) groups is 1. The van der Waals surface area contributed by atoms with E-state index < -0.39 is 0 Å². The van der Waals surface area contributed by atoms with Crippen LogP contribution in [0.25, 0.3) is 0 Å². The molecule has 1 aromatic carbocycles. The van der Waals surface area contributed by atoms with Crippen molar-refractivity contribution in [3.63, 3.8) is 0 Å². The molecule has 1 fully saturated rings. The molecule has 1 saturated heterocycles. The van der Waals surface area contributed by atoms with Gasteiger partial charge in [-0.05, 0) is 18.6 Å². The predicted molar refractivity (Wildman–Crippen MR) is 86.6 cm³/mol. The highest BCUT2D eigenvalue weighted by Gasteiger charge is 2.25. The Morgan fingerprint density at radius 1 is 1.43 bits per heavy atom. The average molecular weight is 330 g/mol. The van der Waals surface area contributed by atoms with Gasteiger partial charge in [-0.1, -0.05) is 12.1 Å². The molecule has 1 aromatic heterocycles. The molecular formula is C17H18N2O3S. The van der Waals surface area contributed by atoms with Gasteiger partial charge in [-0.2, -0.15) is 0 Å². The fourth-order valence-electron chi connectivity index (χ4n) is 3.03. The van der Waals surface area contributed by atoms with Crippen molar-refractivity contribution in [2.75, 3.05) is 19.7 Å². The molecule has 1 atom stereocenters. The van der Waals surface area contributed by atoms with Crippen LogP contribution in [0.4, 0.5) is 0 Å². The van der Waals surface area contributed by atoms with Gasteiger partial charge in [0, 0.05) is 36.3 Å². The number of fused-ring (bicyclic) bond motifs is 1. The monoisotopic (exact) mass is 330 g/mol. The number of hydrogen-bond donors (Lipinski definition) is 0. The van der Waals surface area contributed by atoms with Crippen molar-refractivity contribution in [2.24, 2.45) is 0 Å². The second-order valence-electron chi connectivity index (χ2n) is 6.01. The number of ether oxygens (including phenoxy) is 2. The Labute approximate surface area is 138 Å². The molecule has 0 unspecified atom stereocenters. The first kappa shape index (κ1) is 14.8. The molecule has 0 N–H and O–H groups in total. The van der Waals surface area contributed by atoms with E-state index in [0.717, 1.165) is 41.5 Å². The lowest BCUT2D eigenvalue weighted by atomic mass is 10.1. The molecule has 5 nitrogen and oxygen atoms in total. The van der Waals surface area contributed by atoms with E-state index in [1.807, 2.05) is 19.1 Å². The Bertz CT molecular complexity index is 743. The summed E-state index contributed by atoms with van der Waals surface area (Å²) in [5.41, 5.74) is 3.19. The van der Waals surface area contributed by atoms with E-state index in [0.29, 0.717) is 18.8 Å². The van der Waals surface area contributed by atoms with Gasteiger partial charge >= 0.3 is 5.97 Å². The summed E-state index contributed by atoms with van der Waals surface area (Å²) in [5, 5.41) is 3.11. The zero-order valence-corrected chi connectivity index (χ0v) is 13.8. The minimum atomic E-state index is -0.164. The topological polar surface area (TPSA) is 51.7 Å². The van der Waals surface area contributed by atoms with Crippen LogP contribution in [0.1, 0.15) is 27.9 Å². The molecule has 120 valence electrons. The molecule has 23 heavy (non-hydrogen) atoms. The first-order chi connectivity index (χ1) is 11.2. The van der Waals surface area contributed by atoms with Crippen LogP contribution in [-0.4, -0.2) is 35.5 Å². The van der Waals surface area contributed by atoms with E-state index in [9.17, 15) is 4.79 Å². The van der Waals surface area contributed by atoms with Crippen LogP contribution >= 0.6 is 11.3 Å². The zero-order chi connectivity index (χ0) is 15.8. The van der Waals surface area contributed by atoms with Crippen LogP contribution in [0.2, 0.25) is 0 Å². The van der Waals surface area contributed by atoms with Gasteiger partial charge in [0.05, 0.1) is 13.0 Å². The van der Waals surface area contributed by atoms with E-state index >= 15 is 0 Å². The highest BCUT2D eigenvalue weighted by atomic mass is 32.1. The van der Waals surface area contributed by atoms with Gasteiger partial charge in [0.15, 0.2) is 0 Å². The molecule has 0 radical (unpaired) electrons. The van der Waals surface area contributed by atoms with E-state index in [-0.39, 0.29) is 12.1 Å². The third-order valence-electron chi connectivity index (χ3n) is 4.16. The Morgan fingerprint density at radius 3 is 3.17 bits per heavy atom. The maximum Gasteiger partial charge on any atom is 0.315 e. The van der Waals surface area contributed by atoms with Gasteiger partial charge in [0.2, 0.25) is 0 Å². The second-order valence-corrected chi connectivity index (χ2v) is 6.90. The number of nitrogens with zero attached hydrogens (tertiary/aromatic N) is 2. The summed E-state index contributed by atoms with van der Waals surface area (Å²) in [5.74, 6) is 0.551. The fourth-order valence-corrected chi connectivity index (χ4v) is 3.86. The van der Waals surface area contributed by atoms with Crippen molar-refractivity contribution < 1.29 is 14.3 Å². The predicted octanol–water partition coefficient (Wildman–Crippen LogP) is 2.49. The molecular weight excluding hydrogens is 312 g/mol. The van der Waals surface area contributed by atoms with E-state index in [1.165, 1.54) is 0 Å². The summed E-state index contributed by atoms with van der Waals surface area (Å²) >= 11 is 1.66. The molecule has 2 aliphatic rings. The first-order valence-corrected chi connectivity index (χ1v) is 8.64. The zero-order valence-electron chi connectivity index (χ0n) is 12.9. The maximum absolute atomic E-state index is 11.3. The van der Waals surface area contributed by atoms with E-state index in [4.69, 9.17) is 9.47 Å². The molecule has 3 heterocycles. The SMILES string of the molecule is Cc1csc([C@@H]2CN(Cc3ccc4c(c3)OC(=O)C4)CCO2)n1. The van der Waals surface area contributed by atoms with Crippen molar-refractivity contribution in [2.45, 2.75) is 26.0 Å². The van der Waals surface area contributed by atoms with Gasteiger partial charge in [0.25, 0.3) is 0 Å². The number of thiazole rings is 1. The van der Waals surface area contributed by atoms with Crippen LogP contribution in [0.3, 0.4) is 0 Å². The Hall–Kier alpha value is -1.76. The molecule has 2 aromatic rings. The number of carbonyl (C=O) groups excluding carboxylic acids is 1.